The van der Waals surface area contributed by atoms with Crippen LogP contribution in [0.15, 0.2) is 10.9 Å². The van der Waals surface area contributed by atoms with Crippen molar-refractivity contribution in [3.63, 3.8) is 0 Å². The highest BCUT2D eigenvalue weighted by Gasteiger charge is 2.22. The fourth-order valence-corrected chi connectivity index (χ4v) is 3.09. The van der Waals surface area contributed by atoms with Crippen LogP contribution in [0.1, 0.15) is 53.8 Å². The van der Waals surface area contributed by atoms with Crippen LogP contribution in [0.4, 0.5) is 0 Å². The van der Waals surface area contributed by atoms with Crippen LogP contribution in [0.5, 0.6) is 0 Å². The topological polar surface area (TPSA) is 64.8 Å². The van der Waals surface area contributed by atoms with E-state index in [2.05, 4.69) is 53.6 Å². The lowest BCUT2D eigenvalue weighted by Gasteiger charge is -2.27. The molecule has 0 unspecified atom stereocenters. The van der Waals surface area contributed by atoms with Crippen molar-refractivity contribution < 1.29 is 0 Å². The van der Waals surface area contributed by atoms with Crippen molar-refractivity contribution >= 4 is 0 Å². The van der Waals surface area contributed by atoms with Gasteiger partial charge in [0, 0.05) is 42.5 Å². The number of hydrogen-bond donors (Lipinski definition) is 2. The minimum atomic E-state index is 0.0419. The molecule has 2 aromatic rings. The second-order valence-corrected chi connectivity index (χ2v) is 6.61. The molecule has 118 valence electrons. The molecule has 5 heteroatoms. The van der Waals surface area contributed by atoms with Crippen molar-refractivity contribution in [3.8, 4) is 0 Å². The number of aryl methyl sites for hydroxylation is 2. The van der Waals surface area contributed by atoms with E-state index in [0.717, 1.165) is 43.1 Å². The highest BCUT2D eigenvalue weighted by molar-refractivity contribution is 5.25. The first-order valence-electron chi connectivity index (χ1n) is 7.93. The predicted octanol–water partition coefficient (Wildman–Crippen LogP) is 2.40. The molecule has 0 spiro atoms. The third-order valence-corrected chi connectivity index (χ3v) is 4.36. The van der Waals surface area contributed by atoms with Crippen LogP contribution >= 0.6 is 0 Å². The Bertz CT molecular complexity index is 742. The number of fused-ring (bicyclic) bond motifs is 1. The van der Waals surface area contributed by atoms with Crippen LogP contribution < -0.4 is 5.56 Å². The summed E-state index contributed by atoms with van der Waals surface area (Å²) in [6.07, 6.45) is 0.773. The maximum atomic E-state index is 12.2. The molecule has 2 aromatic heterocycles. The van der Waals surface area contributed by atoms with E-state index in [1.54, 1.807) is 0 Å². The lowest BCUT2D eigenvalue weighted by molar-refractivity contribution is 0.237. The number of rotatable bonds is 3. The Labute approximate surface area is 130 Å². The van der Waals surface area contributed by atoms with E-state index < -0.39 is 0 Å². The van der Waals surface area contributed by atoms with Crippen LogP contribution in [0, 0.1) is 13.8 Å². The first-order valence-corrected chi connectivity index (χ1v) is 7.93. The van der Waals surface area contributed by atoms with Gasteiger partial charge in [-0.05, 0) is 31.9 Å². The van der Waals surface area contributed by atoms with E-state index in [1.807, 2.05) is 0 Å². The van der Waals surface area contributed by atoms with Gasteiger partial charge in [-0.3, -0.25) is 9.69 Å². The average molecular weight is 300 g/mol. The van der Waals surface area contributed by atoms with Gasteiger partial charge in [0.05, 0.1) is 5.69 Å². The van der Waals surface area contributed by atoms with Gasteiger partial charge in [-0.25, -0.2) is 4.98 Å². The van der Waals surface area contributed by atoms with Crippen LogP contribution in [-0.2, 0) is 19.5 Å². The van der Waals surface area contributed by atoms with E-state index in [9.17, 15) is 4.79 Å². The van der Waals surface area contributed by atoms with Crippen molar-refractivity contribution in [3.05, 3.63) is 50.5 Å². The zero-order valence-corrected chi connectivity index (χ0v) is 13.8. The van der Waals surface area contributed by atoms with E-state index in [1.165, 1.54) is 17.0 Å². The predicted molar refractivity (Wildman–Crippen MR) is 87.0 cm³/mol. The summed E-state index contributed by atoms with van der Waals surface area (Å²) in [5, 5.41) is 0. The molecule has 0 fully saturated rings. The van der Waals surface area contributed by atoms with E-state index in [-0.39, 0.29) is 11.5 Å². The van der Waals surface area contributed by atoms with Crippen molar-refractivity contribution in [2.75, 3.05) is 6.54 Å². The fraction of sp³-hybridized carbons (Fsp3) is 0.529. The number of aromatic amines is 2. The summed E-state index contributed by atoms with van der Waals surface area (Å²) < 4.78 is 0. The van der Waals surface area contributed by atoms with E-state index in [0.29, 0.717) is 0 Å². The van der Waals surface area contributed by atoms with Gasteiger partial charge in [-0.2, -0.15) is 0 Å². The van der Waals surface area contributed by atoms with Gasteiger partial charge in [0.1, 0.15) is 5.82 Å². The normalized spacial score (nSPS) is 15.3. The average Bonchev–Trinajstić information content (AvgIpc) is 2.76. The van der Waals surface area contributed by atoms with Gasteiger partial charge in [0.15, 0.2) is 0 Å². The first-order chi connectivity index (χ1) is 10.4. The molecule has 0 bridgehead atoms. The number of nitrogens with one attached hydrogen (secondary N) is 2. The molecule has 22 heavy (non-hydrogen) atoms. The van der Waals surface area contributed by atoms with Crippen LogP contribution in [0.3, 0.4) is 0 Å². The molecule has 0 radical (unpaired) electrons. The first kappa shape index (κ1) is 15.0. The van der Waals surface area contributed by atoms with Gasteiger partial charge in [-0.1, -0.05) is 13.8 Å². The maximum Gasteiger partial charge on any atom is 0.254 e. The molecule has 3 rings (SSSR count). The van der Waals surface area contributed by atoms with Gasteiger partial charge < -0.3 is 9.97 Å². The van der Waals surface area contributed by atoms with Crippen LogP contribution in [0.25, 0.3) is 0 Å². The molecule has 2 N–H and O–H groups in total. The lowest BCUT2D eigenvalue weighted by Crippen LogP contribution is -2.35. The molecular weight excluding hydrogens is 276 g/mol. The molecule has 0 saturated heterocycles. The summed E-state index contributed by atoms with van der Waals surface area (Å²) in [7, 11) is 0. The highest BCUT2D eigenvalue weighted by Crippen LogP contribution is 2.19. The molecule has 0 aliphatic carbocycles. The Morgan fingerprint density at radius 2 is 2.09 bits per heavy atom. The smallest absolute Gasteiger partial charge is 0.254 e. The monoisotopic (exact) mass is 300 g/mol. The summed E-state index contributed by atoms with van der Waals surface area (Å²) in [6.45, 7) is 10.8. The summed E-state index contributed by atoms with van der Waals surface area (Å²) >= 11 is 0. The van der Waals surface area contributed by atoms with Crippen molar-refractivity contribution in [1.82, 2.24) is 19.9 Å². The Morgan fingerprint density at radius 3 is 2.73 bits per heavy atom. The number of nitrogens with zero attached hydrogens (tertiary/aromatic N) is 2. The van der Waals surface area contributed by atoms with Gasteiger partial charge in [0.2, 0.25) is 0 Å². The fourth-order valence-electron chi connectivity index (χ4n) is 3.09. The minimum absolute atomic E-state index is 0.0419. The zero-order valence-electron chi connectivity index (χ0n) is 13.8. The molecule has 5 nitrogen and oxygen atoms in total. The largest absolute Gasteiger partial charge is 0.361 e. The van der Waals surface area contributed by atoms with E-state index >= 15 is 0 Å². The van der Waals surface area contributed by atoms with Gasteiger partial charge in [-0.15, -0.1) is 0 Å². The summed E-state index contributed by atoms with van der Waals surface area (Å²) in [5.74, 6) is 1.03. The standard InChI is InChI=1S/C17H24N4O/c1-10(2)16-19-15-9-21(6-5-13(15)17(22)20-16)8-14-11(3)7-12(4)18-14/h7,10,18H,5-6,8-9H2,1-4H3,(H,19,20,22). The Morgan fingerprint density at radius 1 is 1.32 bits per heavy atom. The third kappa shape index (κ3) is 2.86. The molecule has 1 aliphatic rings. The molecule has 0 saturated carbocycles. The maximum absolute atomic E-state index is 12.2. The van der Waals surface area contributed by atoms with Crippen LogP contribution in [-0.4, -0.2) is 26.4 Å². The van der Waals surface area contributed by atoms with E-state index in [4.69, 9.17) is 0 Å². The van der Waals surface area contributed by atoms with Crippen molar-refractivity contribution in [2.45, 2.75) is 53.1 Å². The minimum Gasteiger partial charge on any atom is -0.361 e. The van der Waals surface area contributed by atoms with Crippen molar-refractivity contribution in [1.29, 1.82) is 0 Å². The highest BCUT2D eigenvalue weighted by atomic mass is 16.1. The Balaban J connectivity index is 1.84. The third-order valence-electron chi connectivity index (χ3n) is 4.36. The van der Waals surface area contributed by atoms with Crippen molar-refractivity contribution in [2.24, 2.45) is 0 Å². The Kier molecular flexibility index (Phi) is 3.91. The SMILES string of the molecule is Cc1cc(C)c(CN2CCc3c(nc(C(C)C)[nH]c3=O)C2)[nH]1. The number of hydrogen-bond acceptors (Lipinski definition) is 3. The Hall–Kier alpha value is -1.88. The second kappa shape index (κ2) is 5.72. The summed E-state index contributed by atoms with van der Waals surface area (Å²) in [6, 6.07) is 2.17. The quantitative estimate of drug-likeness (QED) is 0.915. The second-order valence-electron chi connectivity index (χ2n) is 6.61. The molecule has 0 atom stereocenters. The molecule has 1 aliphatic heterocycles. The lowest BCUT2D eigenvalue weighted by atomic mass is 10.1. The van der Waals surface area contributed by atoms with Crippen LogP contribution in [0.2, 0.25) is 0 Å². The summed E-state index contributed by atoms with van der Waals surface area (Å²) in [4.78, 5) is 25.6. The number of H-pyrrole nitrogens is 2. The summed E-state index contributed by atoms with van der Waals surface area (Å²) in [5.41, 5.74) is 5.60. The molecular formula is C17H24N4O. The van der Waals surface area contributed by atoms with Gasteiger partial charge >= 0.3 is 0 Å². The molecule has 0 amide bonds. The molecule has 0 aromatic carbocycles. The van der Waals surface area contributed by atoms with Gasteiger partial charge in [0.25, 0.3) is 5.56 Å². The zero-order chi connectivity index (χ0) is 15.9. The molecule has 3 heterocycles. The number of aromatic nitrogens is 3.